The zero-order valence-corrected chi connectivity index (χ0v) is 14.2. The lowest BCUT2D eigenvalue weighted by Gasteiger charge is -2.32. The van der Waals surface area contributed by atoms with Gasteiger partial charge in [0.25, 0.3) is 0 Å². The molecule has 1 aromatic carbocycles. The minimum absolute atomic E-state index is 0.0617. The van der Waals surface area contributed by atoms with Crippen molar-refractivity contribution in [1.29, 1.82) is 0 Å². The van der Waals surface area contributed by atoms with E-state index in [0.717, 1.165) is 37.2 Å². The number of rotatable bonds is 2. The molecule has 2 heterocycles. The summed E-state index contributed by atoms with van der Waals surface area (Å²) < 4.78 is 2.06. The molecule has 2 amide bonds. The first-order valence-electron chi connectivity index (χ1n) is 7.83. The molecule has 3 rings (SSSR count). The van der Waals surface area contributed by atoms with E-state index in [4.69, 9.17) is 11.6 Å². The van der Waals surface area contributed by atoms with E-state index in [1.807, 2.05) is 43.5 Å². The Morgan fingerprint density at radius 3 is 2.70 bits per heavy atom. The molecule has 0 saturated carbocycles. The fraction of sp³-hybridized carbons (Fsp3) is 0.412. The van der Waals surface area contributed by atoms with Crippen LogP contribution in [0.1, 0.15) is 30.0 Å². The third kappa shape index (κ3) is 3.50. The molecule has 1 N–H and O–H groups in total. The molecule has 0 spiro atoms. The van der Waals surface area contributed by atoms with E-state index in [1.165, 1.54) is 5.69 Å². The predicted octanol–water partition coefficient (Wildman–Crippen LogP) is 3.79. The number of aromatic nitrogens is 2. The molecule has 0 radical (unpaired) electrons. The monoisotopic (exact) mass is 332 g/mol. The number of benzene rings is 1. The number of anilines is 1. The van der Waals surface area contributed by atoms with Gasteiger partial charge in [-0.1, -0.05) is 17.7 Å². The van der Waals surface area contributed by atoms with Crippen LogP contribution in [0.3, 0.4) is 0 Å². The lowest BCUT2D eigenvalue weighted by atomic mass is 9.94. The largest absolute Gasteiger partial charge is 0.337 e. The molecule has 23 heavy (non-hydrogen) atoms. The van der Waals surface area contributed by atoms with Gasteiger partial charge >= 0.3 is 6.03 Å². The van der Waals surface area contributed by atoms with Gasteiger partial charge in [-0.3, -0.25) is 0 Å². The molecule has 1 aromatic heterocycles. The molecular weight excluding hydrogens is 312 g/mol. The average Bonchev–Trinajstić information content (AvgIpc) is 2.97. The van der Waals surface area contributed by atoms with Crippen LogP contribution >= 0.6 is 11.6 Å². The first-order valence-corrected chi connectivity index (χ1v) is 8.20. The molecule has 0 bridgehead atoms. The first-order chi connectivity index (χ1) is 11.0. The fourth-order valence-corrected chi connectivity index (χ4v) is 3.19. The van der Waals surface area contributed by atoms with Crippen molar-refractivity contribution in [3.8, 4) is 0 Å². The summed E-state index contributed by atoms with van der Waals surface area (Å²) in [6, 6.07) is 5.51. The number of likely N-dealkylation sites (tertiary alicyclic amines) is 1. The number of nitrogens with one attached hydrogen (secondary N) is 1. The van der Waals surface area contributed by atoms with E-state index in [2.05, 4.69) is 14.9 Å². The zero-order valence-electron chi connectivity index (χ0n) is 13.4. The van der Waals surface area contributed by atoms with Crippen LogP contribution in [-0.4, -0.2) is 33.6 Å². The Morgan fingerprint density at radius 2 is 2.09 bits per heavy atom. The van der Waals surface area contributed by atoms with Crippen LogP contribution in [0.15, 0.2) is 30.7 Å². The molecule has 0 unspecified atom stereocenters. The minimum Gasteiger partial charge on any atom is -0.337 e. The summed E-state index contributed by atoms with van der Waals surface area (Å²) in [4.78, 5) is 18.4. The van der Waals surface area contributed by atoms with Gasteiger partial charge in [0.2, 0.25) is 0 Å². The van der Waals surface area contributed by atoms with Crippen molar-refractivity contribution in [2.45, 2.75) is 25.7 Å². The van der Waals surface area contributed by atoms with Gasteiger partial charge in [0.05, 0.1) is 6.33 Å². The smallest absolute Gasteiger partial charge is 0.321 e. The van der Waals surface area contributed by atoms with Gasteiger partial charge in [-0.2, -0.15) is 0 Å². The standard InChI is InChI=1S/C17H21ClN4O/c1-12-3-4-14(9-15(12)18)20-17(23)22-7-5-13(6-8-22)16-10-19-11-21(16)2/h3-4,9-11,13H,5-8H2,1-2H3,(H,20,23). The number of halogens is 1. The number of carbonyl (C=O) groups is 1. The van der Waals surface area contributed by atoms with Crippen molar-refractivity contribution in [2.24, 2.45) is 7.05 Å². The highest BCUT2D eigenvalue weighted by atomic mass is 35.5. The summed E-state index contributed by atoms with van der Waals surface area (Å²) in [6.45, 7) is 3.44. The van der Waals surface area contributed by atoms with Crippen molar-refractivity contribution in [2.75, 3.05) is 18.4 Å². The van der Waals surface area contributed by atoms with Gasteiger partial charge in [0.15, 0.2) is 0 Å². The quantitative estimate of drug-likeness (QED) is 0.909. The Kier molecular flexibility index (Phi) is 4.57. The Hall–Kier alpha value is -2.01. The first kappa shape index (κ1) is 15.9. The van der Waals surface area contributed by atoms with E-state index in [-0.39, 0.29) is 6.03 Å². The van der Waals surface area contributed by atoms with Crippen molar-refractivity contribution in [1.82, 2.24) is 14.5 Å². The number of nitrogens with zero attached hydrogens (tertiary/aromatic N) is 3. The molecule has 2 aromatic rings. The third-order valence-corrected chi connectivity index (χ3v) is 4.88. The molecule has 1 aliphatic heterocycles. The number of carbonyl (C=O) groups excluding carboxylic acids is 1. The summed E-state index contributed by atoms with van der Waals surface area (Å²) in [5.41, 5.74) is 2.98. The van der Waals surface area contributed by atoms with Crippen molar-refractivity contribution < 1.29 is 4.79 Å². The second-order valence-electron chi connectivity index (χ2n) is 6.08. The van der Waals surface area contributed by atoms with E-state index in [1.54, 1.807) is 6.07 Å². The van der Waals surface area contributed by atoms with Crippen molar-refractivity contribution in [3.05, 3.63) is 47.0 Å². The van der Waals surface area contributed by atoms with Crippen LogP contribution in [0.2, 0.25) is 5.02 Å². The summed E-state index contributed by atoms with van der Waals surface area (Å²) in [5.74, 6) is 0.473. The normalized spacial score (nSPS) is 15.7. The Balaban J connectivity index is 1.58. The van der Waals surface area contributed by atoms with Crippen LogP contribution in [0, 0.1) is 6.92 Å². The van der Waals surface area contributed by atoms with Crippen LogP contribution < -0.4 is 5.32 Å². The maximum atomic E-state index is 12.4. The Bertz CT molecular complexity index is 704. The number of imidazole rings is 1. The third-order valence-electron chi connectivity index (χ3n) is 4.48. The molecule has 1 fully saturated rings. The van der Waals surface area contributed by atoms with Crippen molar-refractivity contribution in [3.63, 3.8) is 0 Å². The summed E-state index contributed by atoms with van der Waals surface area (Å²) in [7, 11) is 2.02. The van der Waals surface area contributed by atoms with Crippen molar-refractivity contribution >= 4 is 23.3 Å². The zero-order chi connectivity index (χ0) is 16.4. The number of amides is 2. The van der Waals surface area contributed by atoms with Gasteiger partial charge < -0.3 is 14.8 Å². The maximum Gasteiger partial charge on any atom is 0.321 e. The van der Waals surface area contributed by atoms with E-state index in [9.17, 15) is 4.79 Å². The van der Waals surface area contributed by atoms with Gasteiger partial charge in [0.1, 0.15) is 0 Å². The number of aryl methyl sites for hydroxylation is 2. The fourth-order valence-electron chi connectivity index (χ4n) is 3.01. The molecule has 6 heteroatoms. The SMILES string of the molecule is Cc1ccc(NC(=O)N2CCC(c3cncn3C)CC2)cc1Cl. The minimum atomic E-state index is -0.0617. The lowest BCUT2D eigenvalue weighted by molar-refractivity contribution is 0.193. The topological polar surface area (TPSA) is 50.2 Å². The predicted molar refractivity (Wildman–Crippen MR) is 92.0 cm³/mol. The molecule has 0 atom stereocenters. The average molecular weight is 333 g/mol. The number of hydrogen-bond donors (Lipinski definition) is 1. The van der Waals surface area contributed by atoms with Gasteiger partial charge in [0, 0.05) is 48.7 Å². The van der Waals surface area contributed by atoms with Gasteiger partial charge in [-0.05, 0) is 37.5 Å². The van der Waals surface area contributed by atoms with E-state index < -0.39 is 0 Å². The molecule has 0 aliphatic carbocycles. The second-order valence-corrected chi connectivity index (χ2v) is 6.49. The second kappa shape index (κ2) is 6.62. The van der Waals surface area contributed by atoms with Gasteiger partial charge in [-0.15, -0.1) is 0 Å². The van der Waals surface area contributed by atoms with Crippen LogP contribution in [0.4, 0.5) is 10.5 Å². The number of hydrogen-bond acceptors (Lipinski definition) is 2. The Morgan fingerprint density at radius 1 is 1.35 bits per heavy atom. The highest BCUT2D eigenvalue weighted by molar-refractivity contribution is 6.31. The number of piperidine rings is 1. The highest BCUT2D eigenvalue weighted by Gasteiger charge is 2.25. The van der Waals surface area contributed by atoms with Gasteiger partial charge in [-0.25, -0.2) is 9.78 Å². The molecule has 5 nitrogen and oxygen atoms in total. The number of urea groups is 1. The van der Waals surface area contributed by atoms with Crippen LogP contribution in [-0.2, 0) is 7.05 Å². The molecule has 122 valence electrons. The lowest BCUT2D eigenvalue weighted by Crippen LogP contribution is -2.40. The molecular formula is C17H21ClN4O. The summed E-state index contributed by atoms with van der Waals surface area (Å²) in [5, 5.41) is 3.59. The van der Waals surface area contributed by atoms with E-state index in [0.29, 0.717) is 10.9 Å². The van der Waals surface area contributed by atoms with Crippen LogP contribution in [0.25, 0.3) is 0 Å². The molecule has 1 aliphatic rings. The summed E-state index contributed by atoms with van der Waals surface area (Å²) in [6.07, 6.45) is 5.67. The molecule has 1 saturated heterocycles. The summed E-state index contributed by atoms with van der Waals surface area (Å²) >= 11 is 6.10. The van der Waals surface area contributed by atoms with Crippen LogP contribution in [0.5, 0.6) is 0 Å². The van der Waals surface area contributed by atoms with E-state index >= 15 is 0 Å². The Labute approximate surface area is 141 Å². The highest BCUT2D eigenvalue weighted by Crippen LogP contribution is 2.28. The maximum absolute atomic E-state index is 12.4.